The van der Waals surface area contributed by atoms with Gasteiger partial charge in [0, 0.05) is 30.8 Å². The van der Waals surface area contributed by atoms with E-state index >= 15 is 0 Å². The number of benzene rings is 1. The maximum Gasteiger partial charge on any atom is 0.387 e. The van der Waals surface area contributed by atoms with E-state index in [4.69, 9.17) is 0 Å². The molecule has 0 atom stereocenters. The van der Waals surface area contributed by atoms with Crippen LogP contribution >= 0.6 is 0 Å². The van der Waals surface area contributed by atoms with Crippen LogP contribution in [0.1, 0.15) is 18.3 Å². The number of carbonyl (C=O) groups excluding carboxylic acids is 1. The molecule has 0 aliphatic rings. The third kappa shape index (κ3) is 4.64. The molecule has 7 nitrogen and oxygen atoms in total. The van der Waals surface area contributed by atoms with E-state index in [1.807, 2.05) is 11.5 Å². The molecule has 0 radical (unpaired) electrons. The van der Waals surface area contributed by atoms with Gasteiger partial charge in [-0.25, -0.2) is 4.79 Å². The smallest absolute Gasteiger partial charge is 0.387 e. The Morgan fingerprint density at radius 3 is 2.92 bits per heavy atom. The molecule has 0 aliphatic carbocycles. The number of alkyl halides is 2. The van der Waals surface area contributed by atoms with E-state index < -0.39 is 12.6 Å². The van der Waals surface area contributed by atoms with E-state index in [0.29, 0.717) is 24.3 Å². The topological polar surface area (TPSA) is 81.1 Å². The third-order valence-electron chi connectivity index (χ3n) is 3.40. The third-order valence-corrected chi connectivity index (χ3v) is 3.40. The van der Waals surface area contributed by atoms with Crippen LogP contribution in [-0.4, -0.2) is 34.0 Å². The molecule has 1 aromatic heterocycles. The van der Waals surface area contributed by atoms with Crippen molar-refractivity contribution in [3.05, 3.63) is 35.9 Å². The van der Waals surface area contributed by atoms with Gasteiger partial charge in [-0.2, -0.15) is 8.78 Å². The number of hydrogen-bond donors (Lipinski definition) is 2. The van der Waals surface area contributed by atoms with Crippen molar-refractivity contribution in [1.29, 1.82) is 0 Å². The van der Waals surface area contributed by atoms with Gasteiger partial charge in [-0.1, -0.05) is 13.0 Å². The lowest BCUT2D eigenvalue weighted by Gasteiger charge is -2.13. The van der Waals surface area contributed by atoms with E-state index in [-0.39, 0.29) is 5.75 Å². The summed E-state index contributed by atoms with van der Waals surface area (Å²) >= 11 is 0. The van der Waals surface area contributed by atoms with Crippen LogP contribution in [-0.2, 0) is 13.0 Å². The highest BCUT2D eigenvalue weighted by Gasteiger charge is 2.11. The molecule has 1 heterocycles. The largest absolute Gasteiger partial charge is 0.434 e. The standard InChI is InChI=1S/C15H19F2N5O2/c1-3-13-21-19-9-22(13)8-7-18-15(23)20-11-5-4-6-12(10(11)2)24-14(16)17/h4-6,9,14H,3,7-8H2,1-2H3,(H2,18,20,23). The number of urea groups is 1. The molecule has 2 amide bonds. The van der Waals surface area contributed by atoms with E-state index in [9.17, 15) is 13.6 Å². The number of nitrogens with one attached hydrogen (secondary N) is 2. The Balaban J connectivity index is 1.88. The van der Waals surface area contributed by atoms with Crippen molar-refractivity contribution in [3.8, 4) is 5.75 Å². The monoisotopic (exact) mass is 339 g/mol. The molecule has 0 fully saturated rings. The number of amides is 2. The van der Waals surface area contributed by atoms with Gasteiger partial charge in [-0.05, 0) is 19.1 Å². The molecule has 0 saturated carbocycles. The van der Waals surface area contributed by atoms with Crippen molar-refractivity contribution in [2.75, 3.05) is 11.9 Å². The molecular formula is C15H19F2N5O2. The van der Waals surface area contributed by atoms with Gasteiger partial charge in [0.15, 0.2) is 0 Å². The second-order valence-electron chi connectivity index (χ2n) is 4.98. The Morgan fingerprint density at radius 2 is 2.21 bits per heavy atom. The Bertz CT molecular complexity index is 690. The first kappa shape index (κ1) is 17.6. The van der Waals surface area contributed by atoms with E-state index in [1.165, 1.54) is 12.1 Å². The normalized spacial score (nSPS) is 10.7. The van der Waals surface area contributed by atoms with Gasteiger partial charge in [-0.15, -0.1) is 10.2 Å². The molecule has 130 valence electrons. The van der Waals surface area contributed by atoms with Crippen molar-refractivity contribution < 1.29 is 18.3 Å². The quantitative estimate of drug-likeness (QED) is 0.812. The average molecular weight is 339 g/mol. The number of nitrogens with zero attached hydrogens (tertiary/aromatic N) is 3. The van der Waals surface area contributed by atoms with Crippen molar-refractivity contribution >= 4 is 11.7 Å². The fourth-order valence-corrected chi connectivity index (χ4v) is 2.17. The summed E-state index contributed by atoms with van der Waals surface area (Å²) in [7, 11) is 0. The molecule has 1 aromatic carbocycles. The minimum atomic E-state index is -2.91. The molecule has 2 rings (SSSR count). The van der Waals surface area contributed by atoms with Gasteiger partial charge < -0.3 is 19.9 Å². The van der Waals surface area contributed by atoms with Gasteiger partial charge in [0.25, 0.3) is 0 Å². The van der Waals surface area contributed by atoms with Crippen LogP contribution in [0.5, 0.6) is 5.75 Å². The first-order chi connectivity index (χ1) is 11.5. The predicted molar refractivity (Wildman–Crippen MR) is 84.2 cm³/mol. The van der Waals surface area contributed by atoms with E-state index in [1.54, 1.807) is 19.3 Å². The van der Waals surface area contributed by atoms with Crippen molar-refractivity contribution in [3.63, 3.8) is 0 Å². The highest BCUT2D eigenvalue weighted by Crippen LogP contribution is 2.26. The van der Waals surface area contributed by atoms with Crippen LogP contribution in [0.4, 0.5) is 19.3 Å². The molecule has 0 saturated heterocycles. The first-order valence-corrected chi connectivity index (χ1v) is 7.47. The number of halogens is 2. The predicted octanol–water partition coefficient (Wildman–Crippen LogP) is 2.57. The summed E-state index contributed by atoms with van der Waals surface area (Å²) in [5.74, 6) is 0.866. The Hall–Kier alpha value is -2.71. The Labute approximate surface area is 138 Å². The van der Waals surface area contributed by atoms with Crippen LogP contribution in [0.2, 0.25) is 0 Å². The lowest BCUT2D eigenvalue weighted by atomic mass is 10.2. The van der Waals surface area contributed by atoms with Gasteiger partial charge in [0.1, 0.15) is 17.9 Å². The van der Waals surface area contributed by atoms with Crippen LogP contribution in [0.25, 0.3) is 0 Å². The van der Waals surface area contributed by atoms with Gasteiger partial charge in [0.05, 0.1) is 0 Å². The molecule has 0 unspecified atom stereocenters. The first-order valence-electron chi connectivity index (χ1n) is 7.47. The molecule has 9 heteroatoms. The zero-order chi connectivity index (χ0) is 17.5. The van der Waals surface area contributed by atoms with E-state index in [2.05, 4.69) is 25.6 Å². The lowest BCUT2D eigenvalue weighted by Crippen LogP contribution is -2.32. The number of carbonyl (C=O) groups is 1. The van der Waals surface area contributed by atoms with Crippen LogP contribution in [0.15, 0.2) is 24.5 Å². The van der Waals surface area contributed by atoms with Crippen LogP contribution in [0.3, 0.4) is 0 Å². The van der Waals surface area contributed by atoms with Crippen LogP contribution < -0.4 is 15.4 Å². The minimum absolute atomic E-state index is 0.0277. The molecule has 0 aliphatic heterocycles. The zero-order valence-electron chi connectivity index (χ0n) is 13.4. The number of rotatable bonds is 7. The fraction of sp³-hybridized carbons (Fsp3) is 0.400. The summed E-state index contributed by atoms with van der Waals surface area (Å²) in [5.41, 5.74) is 0.837. The second kappa shape index (κ2) is 8.23. The molecule has 2 aromatic rings. The number of aromatic nitrogens is 3. The van der Waals surface area contributed by atoms with Gasteiger partial charge >= 0.3 is 12.6 Å². The zero-order valence-corrected chi connectivity index (χ0v) is 13.4. The molecule has 0 spiro atoms. The minimum Gasteiger partial charge on any atom is -0.434 e. The van der Waals surface area contributed by atoms with E-state index in [0.717, 1.165) is 12.2 Å². The number of ether oxygens (including phenoxy) is 1. The summed E-state index contributed by atoms with van der Waals surface area (Å²) < 4.78 is 30.9. The van der Waals surface area contributed by atoms with Gasteiger partial charge in [0.2, 0.25) is 0 Å². The fourth-order valence-electron chi connectivity index (χ4n) is 2.17. The average Bonchev–Trinajstić information content (AvgIpc) is 2.98. The molecule has 2 N–H and O–H groups in total. The summed E-state index contributed by atoms with van der Waals surface area (Å²) in [6, 6.07) is 4.13. The summed E-state index contributed by atoms with van der Waals surface area (Å²) in [5, 5.41) is 13.1. The molecular weight excluding hydrogens is 320 g/mol. The SMILES string of the molecule is CCc1nncn1CCNC(=O)Nc1cccc(OC(F)F)c1C. The van der Waals surface area contributed by atoms with Crippen molar-refractivity contribution in [2.24, 2.45) is 0 Å². The van der Waals surface area contributed by atoms with Crippen molar-refractivity contribution in [1.82, 2.24) is 20.1 Å². The summed E-state index contributed by atoms with van der Waals surface area (Å²) in [6.07, 6.45) is 2.36. The Morgan fingerprint density at radius 1 is 1.42 bits per heavy atom. The maximum absolute atomic E-state index is 12.3. The number of anilines is 1. The molecule has 0 bridgehead atoms. The Kier molecular flexibility index (Phi) is 6.05. The highest BCUT2D eigenvalue weighted by atomic mass is 19.3. The molecule has 24 heavy (non-hydrogen) atoms. The van der Waals surface area contributed by atoms with Crippen molar-refractivity contribution in [2.45, 2.75) is 33.4 Å². The maximum atomic E-state index is 12.3. The number of hydrogen-bond acceptors (Lipinski definition) is 4. The summed E-state index contributed by atoms with van der Waals surface area (Å²) in [4.78, 5) is 11.9. The second-order valence-corrected chi connectivity index (χ2v) is 4.98. The highest BCUT2D eigenvalue weighted by molar-refractivity contribution is 5.90. The summed E-state index contributed by atoms with van der Waals surface area (Å²) in [6.45, 7) is 1.57. The van der Waals surface area contributed by atoms with Gasteiger partial charge in [-0.3, -0.25) is 0 Å². The van der Waals surface area contributed by atoms with Crippen LogP contribution in [0, 0.1) is 6.92 Å². The number of aryl methyl sites for hydroxylation is 1. The lowest BCUT2D eigenvalue weighted by molar-refractivity contribution is -0.0502.